The Kier molecular flexibility index (Phi) is 5.53. The summed E-state index contributed by atoms with van der Waals surface area (Å²) in [4.78, 5) is 15.5. The maximum Gasteiger partial charge on any atom is 0.303 e. The van der Waals surface area contributed by atoms with Gasteiger partial charge in [-0.25, -0.2) is 8.42 Å². The van der Waals surface area contributed by atoms with Crippen LogP contribution in [0.5, 0.6) is 0 Å². The molecule has 1 aromatic heterocycles. The van der Waals surface area contributed by atoms with Gasteiger partial charge in [0.2, 0.25) is 5.82 Å². The number of hydrogen-bond donors (Lipinski definition) is 2. The van der Waals surface area contributed by atoms with Crippen LogP contribution in [0.2, 0.25) is 0 Å². The van der Waals surface area contributed by atoms with Gasteiger partial charge >= 0.3 is 5.97 Å². The van der Waals surface area contributed by atoms with Crippen molar-refractivity contribution in [2.45, 2.75) is 43.5 Å². The number of hydrogen-bond acceptors (Lipinski definition) is 7. The molecule has 4 rings (SSSR count). The summed E-state index contributed by atoms with van der Waals surface area (Å²) in [5.74, 6) is -0.142. The van der Waals surface area contributed by atoms with Crippen molar-refractivity contribution >= 4 is 21.5 Å². The Balaban J connectivity index is 1.58. The number of fused-ring (bicyclic) bond motifs is 1. The van der Waals surface area contributed by atoms with Crippen molar-refractivity contribution in [3.63, 3.8) is 0 Å². The Morgan fingerprint density at radius 3 is 2.71 bits per heavy atom. The minimum absolute atomic E-state index is 0.0914. The highest BCUT2D eigenvalue weighted by Crippen LogP contribution is 2.32. The minimum atomic E-state index is -3.38. The SMILES string of the molecule is CCc1ccc(-c2nc(-c3ccc4c(c3)C[C@@H](CCC(=O)O)N4)no2)cc1S(C)(=O)=O. The predicted molar refractivity (Wildman–Crippen MR) is 116 cm³/mol. The number of carboxylic acids is 1. The summed E-state index contributed by atoms with van der Waals surface area (Å²) in [7, 11) is -3.38. The molecule has 1 aliphatic rings. The van der Waals surface area contributed by atoms with Crippen molar-refractivity contribution in [2.24, 2.45) is 0 Å². The Labute approximate surface area is 180 Å². The molecule has 0 amide bonds. The second-order valence-electron chi connectivity index (χ2n) is 7.72. The van der Waals surface area contributed by atoms with Crippen molar-refractivity contribution in [1.82, 2.24) is 10.1 Å². The van der Waals surface area contributed by atoms with Gasteiger partial charge in [0.15, 0.2) is 9.84 Å². The molecule has 0 spiro atoms. The predicted octanol–water partition coefficient (Wildman–Crippen LogP) is 3.57. The summed E-state index contributed by atoms with van der Waals surface area (Å²) < 4.78 is 29.7. The van der Waals surface area contributed by atoms with E-state index in [1.807, 2.05) is 25.1 Å². The van der Waals surface area contributed by atoms with Crippen molar-refractivity contribution in [3.8, 4) is 22.8 Å². The molecule has 8 nitrogen and oxygen atoms in total. The number of benzene rings is 2. The van der Waals surface area contributed by atoms with E-state index in [9.17, 15) is 13.2 Å². The average Bonchev–Trinajstić information content (AvgIpc) is 3.37. The zero-order valence-corrected chi connectivity index (χ0v) is 18.1. The van der Waals surface area contributed by atoms with Crippen LogP contribution >= 0.6 is 0 Å². The molecule has 31 heavy (non-hydrogen) atoms. The Bertz CT molecular complexity index is 1250. The number of anilines is 1. The number of nitrogens with zero attached hydrogens (tertiary/aromatic N) is 2. The van der Waals surface area contributed by atoms with Crippen LogP contribution in [-0.2, 0) is 27.5 Å². The monoisotopic (exact) mass is 441 g/mol. The number of nitrogens with one attached hydrogen (secondary N) is 1. The van der Waals surface area contributed by atoms with E-state index in [1.54, 1.807) is 18.2 Å². The maximum absolute atomic E-state index is 12.1. The molecule has 9 heteroatoms. The van der Waals surface area contributed by atoms with Gasteiger partial charge in [0.1, 0.15) is 0 Å². The third-order valence-corrected chi connectivity index (χ3v) is 6.60. The van der Waals surface area contributed by atoms with Gasteiger partial charge in [-0.3, -0.25) is 4.79 Å². The smallest absolute Gasteiger partial charge is 0.303 e. The third-order valence-electron chi connectivity index (χ3n) is 5.42. The maximum atomic E-state index is 12.1. The fourth-order valence-corrected chi connectivity index (χ4v) is 4.86. The van der Waals surface area contributed by atoms with Gasteiger partial charge in [0.25, 0.3) is 5.89 Å². The van der Waals surface area contributed by atoms with Crippen LogP contribution in [0.25, 0.3) is 22.8 Å². The van der Waals surface area contributed by atoms with Crippen molar-refractivity contribution < 1.29 is 22.8 Å². The highest BCUT2D eigenvalue weighted by atomic mass is 32.2. The molecule has 2 aromatic carbocycles. The molecule has 1 atom stereocenters. The van der Waals surface area contributed by atoms with E-state index < -0.39 is 15.8 Å². The normalized spacial score (nSPS) is 15.5. The van der Waals surface area contributed by atoms with E-state index in [-0.39, 0.29) is 23.2 Å². The Hall–Kier alpha value is -3.20. The quantitative estimate of drug-likeness (QED) is 0.570. The number of aliphatic carboxylic acids is 1. The van der Waals surface area contributed by atoms with Crippen molar-refractivity contribution in [3.05, 3.63) is 47.5 Å². The molecule has 0 fully saturated rings. The van der Waals surface area contributed by atoms with E-state index in [0.717, 1.165) is 28.8 Å². The topological polar surface area (TPSA) is 122 Å². The van der Waals surface area contributed by atoms with Gasteiger partial charge < -0.3 is 14.9 Å². The van der Waals surface area contributed by atoms with Crippen molar-refractivity contribution in [2.75, 3.05) is 11.6 Å². The molecule has 0 unspecified atom stereocenters. The van der Waals surface area contributed by atoms with E-state index in [1.165, 1.54) is 6.26 Å². The fourth-order valence-electron chi connectivity index (χ4n) is 3.83. The van der Waals surface area contributed by atoms with E-state index in [4.69, 9.17) is 9.63 Å². The highest BCUT2D eigenvalue weighted by Gasteiger charge is 2.23. The summed E-state index contributed by atoms with van der Waals surface area (Å²) in [6.07, 6.45) is 3.21. The van der Waals surface area contributed by atoms with Crippen LogP contribution < -0.4 is 5.32 Å². The Morgan fingerprint density at radius 1 is 1.23 bits per heavy atom. The molecule has 0 bridgehead atoms. The zero-order chi connectivity index (χ0) is 22.2. The summed E-state index contributed by atoms with van der Waals surface area (Å²) in [6.45, 7) is 1.91. The van der Waals surface area contributed by atoms with Crippen LogP contribution in [0.1, 0.15) is 30.9 Å². The molecule has 0 radical (unpaired) electrons. The first-order valence-electron chi connectivity index (χ1n) is 10.0. The van der Waals surface area contributed by atoms with Gasteiger partial charge in [0.05, 0.1) is 4.90 Å². The standard InChI is InChI=1S/C22H23N3O5S/c1-3-13-4-5-15(12-19(13)31(2,28)29)22-24-21(25-30-22)14-6-8-18-16(10-14)11-17(23-18)7-9-20(26)27/h4-6,8,10,12,17,23H,3,7,9,11H2,1-2H3,(H,26,27)/t17-/m1/s1. The molecule has 2 heterocycles. The first-order chi connectivity index (χ1) is 14.7. The number of sulfone groups is 1. The van der Waals surface area contributed by atoms with Crippen LogP contribution in [0.4, 0.5) is 5.69 Å². The molecule has 0 aliphatic carbocycles. The van der Waals surface area contributed by atoms with Crippen LogP contribution in [-0.4, -0.2) is 41.9 Å². The lowest BCUT2D eigenvalue weighted by atomic mass is 10.0. The number of aryl methyl sites for hydroxylation is 1. The van der Waals surface area contributed by atoms with E-state index >= 15 is 0 Å². The molecular formula is C22H23N3O5S. The Morgan fingerprint density at radius 2 is 2.00 bits per heavy atom. The number of rotatable bonds is 7. The molecule has 1 aliphatic heterocycles. The van der Waals surface area contributed by atoms with Crippen LogP contribution in [0.3, 0.4) is 0 Å². The lowest BCUT2D eigenvalue weighted by molar-refractivity contribution is -0.137. The van der Waals surface area contributed by atoms with Crippen LogP contribution in [0.15, 0.2) is 45.8 Å². The first kappa shape index (κ1) is 21.0. The van der Waals surface area contributed by atoms with Gasteiger partial charge in [-0.1, -0.05) is 18.1 Å². The largest absolute Gasteiger partial charge is 0.481 e. The van der Waals surface area contributed by atoms with Gasteiger partial charge in [-0.2, -0.15) is 4.98 Å². The molecular weight excluding hydrogens is 418 g/mol. The lowest BCUT2D eigenvalue weighted by Gasteiger charge is -2.08. The van der Waals surface area contributed by atoms with E-state index in [0.29, 0.717) is 24.2 Å². The molecule has 3 aromatic rings. The van der Waals surface area contributed by atoms with E-state index in [2.05, 4.69) is 15.5 Å². The number of aromatic nitrogens is 2. The summed E-state index contributed by atoms with van der Waals surface area (Å²) in [6, 6.07) is 11.0. The molecule has 0 saturated heterocycles. The summed E-state index contributed by atoms with van der Waals surface area (Å²) in [5.41, 5.74) is 4.13. The first-order valence-corrected chi connectivity index (χ1v) is 11.9. The fraction of sp³-hybridized carbons (Fsp3) is 0.318. The molecule has 162 valence electrons. The second kappa shape index (κ2) is 8.14. The average molecular weight is 442 g/mol. The molecule has 0 saturated carbocycles. The summed E-state index contributed by atoms with van der Waals surface area (Å²) >= 11 is 0. The lowest BCUT2D eigenvalue weighted by Crippen LogP contribution is -2.16. The second-order valence-corrected chi connectivity index (χ2v) is 9.71. The highest BCUT2D eigenvalue weighted by molar-refractivity contribution is 7.90. The summed E-state index contributed by atoms with van der Waals surface area (Å²) in [5, 5.41) is 16.3. The van der Waals surface area contributed by atoms with Gasteiger partial charge in [-0.15, -0.1) is 0 Å². The number of carboxylic acid groups (broad SMARTS) is 1. The van der Waals surface area contributed by atoms with Gasteiger partial charge in [0, 0.05) is 35.5 Å². The van der Waals surface area contributed by atoms with Gasteiger partial charge in [-0.05, 0) is 60.7 Å². The molecule has 2 N–H and O–H groups in total. The minimum Gasteiger partial charge on any atom is -0.481 e. The number of carbonyl (C=O) groups is 1. The van der Waals surface area contributed by atoms with Crippen LogP contribution in [0, 0.1) is 0 Å². The van der Waals surface area contributed by atoms with Crippen molar-refractivity contribution in [1.29, 1.82) is 0 Å². The zero-order valence-electron chi connectivity index (χ0n) is 17.3. The third kappa shape index (κ3) is 4.46.